The topological polar surface area (TPSA) is 119 Å². The SMILES string of the molecule is O=C(Nc1ccc2c(=O)c3c(sc4c(=O)c5cc(N=COC(F)(F)F)ccc5c(=O)c43)c(=O)c2c1)C(F)(F)F. The van der Waals surface area contributed by atoms with E-state index in [1.165, 1.54) is 0 Å². The van der Waals surface area contributed by atoms with Crippen LogP contribution in [-0.4, -0.2) is 24.8 Å². The van der Waals surface area contributed by atoms with Gasteiger partial charge in [-0.05, 0) is 36.4 Å². The lowest BCUT2D eigenvalue weighted by Crippen LogP contribution is -2.30. The fourth-order valence-electron chi connectivity index (χ4n) is 4.05. The minimum atomic E-state index is -5.21. The van der Waals surface area contributed by atoms with E-state index in [1.54, 1.807) is 5.32 Å². The highest BCUT2D eigenvalue weighted by Crippen LogP contribution is 2.30. The summed E-state index contributed by atoms with van der Waals surface area (Å²) < 4.78 is 77.2. The lowest BCUT2D eigenvalue weighted by molar-refractivity contribution is -0.280. The summed E-state index contributed by atoms with van der Waals surface area (Å²) in [5, 5.41) is -0.104. The van der Waals surface area contributed by atoms with E-state index < -0.39 is 45.8 Å². The molecule has 0 aliphatic rings. The molecule has 4 aromatic carbocycles. The number of hydrogen-bond donors (Lipinski definition) is 1. The van der Waals surface area contributed by atoms with Crippen molar-refractivity contribution >= 4 is 76.7 Å². The molecule has 0 saturated heterocycles. The van der Waals surface area contributed by atoms with Gasteiger partial charge in [0.1, 0.15) is 0 Å². The van der Waals surface area contributed by atoms with E-state index in [-0.39, 0.29) is 53.8 Å². The molecule has 0 fully saturated rings. The van der Waals surface area contributed by atoms with Gasteiger partial charge in [-0.15, -0.1) is 24.5 Å². The van der Waals surface area contributed by atoms with Gasteiger partial charge in [-0.25, -0.2) is 4.99 Å². The predicted octanol–water partition coefficient (Wildman–Crippen LogP) is 4.37. The molecule has 1 amide bonds. The lowest BCUT2D eigenvalue weighted by Gasteiger charge is -2.08. The maximum atomic E-state index is 13.3. The Morgan fingerprint density at radius 2 is 1.31 bits per heavy atom. The highest BCUT2D eigenvalue weighted by Gasteiger charge is 2.38. The van der Waals surface area contributed by atoms with Crippen LogP contribution in [0.3, 0.4) is 0 Å². The van der Waals surface area contributed by atoms with Gasteiger partial charge < -0.3 is 10.1 Å². The van der Waals surface area contributed by atoms with E-state index in [0.717, 1.165) is 36.4 Å². The Morgan fingerprint density at radius 1 is 0.769 bits per heavy atom. The summed E-state index contributed by atoms with van der Waals surface area (Å²) in [7, 11) is 0. The molecule has 39 heavy (non-hydrogen) atoms. The number of anilines is 1. The molecule has 198 valence electrons. The van der Waals surface area contributed by atoms with Crippen molar-refractivity contribution in [2.75, 3.05) is 5.32 Å². The van der Waals surface area contributed by atoms with Crippen molar-refractivity contribution in [2.45, 2.75) is 12.5 Å². The molecule has 1 N–H and O–H groups in total. The number of nitrogens with zero attached hydrogens (tertiary/aromatic N) is 1. The molecule has 0 unspecified atom stereocenters. The summed E-state index contributed by atoms with van der Waals surface area (Å²) in [5.41, 5.74) is -3.85. The smallest absolute Gasteiger partial charge is 0.395 e. The van der Waals surface area contributed by atoms with Gasteiger partial charge in [-0.1, -0.05) is 0 Å². The van der Waals surface area contributed by atoms with Crippen LogP contribution in [0.25, 0.3) is 41.7 Å². The number of carbonyl (C=O) groups excluding carboxylic acids is 1. The number of rotatable bonds is 3. The largest absolute Gasteiger partial charge is 0.573 e. The molecule has 8 nitrogen and oxygen atoms in total. The molecule has 0 aliphatic heterocycles. The second kappa shape index (κ2) is 8.69. The van der Waals surface area contributed by atoms with Crippen LogP contribution in [0, 0.1) is 0 Å². The summed E-state index contributed by atoms with van der Waals surface area (Å²) in [4.78, 5) is 67.7. The van der Waals surface area contributed by atoms with Crippen LogP contribution in [0.15, 0.2) is 60.6 Å². The summed E-state index contributed by atoms with van der Waals surface area (Å²) >= 11 is 0.520. The average Bonchev–Trinajstić information content (AvgIpc) is 3.26. The van der Waals surface area contributed by atoms with Crippen LogP contribution in [0.5, 0.6) is 0 Å². The van der Waals surface area contributed by atoms with E-state index in [9.17, 15) is 50.3 Å². The Kier molecular flexibility index (Phi) is 5.79. The number of halogens is 6. The first-order valence-corrected chi connectivity index (χ1v) is 11.3. The average molecular weight is 566 g/mol. The number of hydrogen-bond acceptors (Lipinski definition) is 8. The van der Waals surface area contributed by atoms with Gasteiger partial charge in [-0.2, -0.15) is 13.2 Å². The fraction of sp³-hybridized carbons (Fsp3) is 0.0833. The van der Waals surface area contributed by atoms with E-state index in [2.05, 4.69) is 9.73 Å². The standard InChI is InChI=1S/C24H8F6N2O6S/c25-23(26,27)22(37)32-9-2-4-11-13(6-9)19(36)21-15(17(11)34)14-16(33)10-3-1-8(31-7-38-24(28,29)30)5-12(10)18(35)20(14)39-21/h1-7H,(H,32,37). The molecule has 0 atom stereocenters. The number of carbonyl (C=O) groups is 1. The molecule has 15 heteroatoms. The molecular formula is C24H8F6N2O6S. The van der Waals surface area contributed by atoms with Crippen molar-refractivity contribution in [1.29, 1.82) is 0 Å². The molecule has 0 bridgehead atoms. The second-order valence-corrected chi connectivity index (χ2v) is 9.09. The number of nitrogens with one attached hydrogen (secondary N) is 1. The molecule has 0 saturated carbocycles. The van der Waals surface area contributed by atoms with Crippen molar-refractivity contribution in [3.63, 3.8) is 0 Å². The first-order chi connectivity index (χ1) is 18.2. The van der Waals surface area contributed by atoms with Gasteiger partial charge in [0.05, 0.1) is 25.9 Å². The minimum absolute atomic E-state index is 0.103. The first-order valence-electron chi connectivity index (χ1n) is 10.5. The highest BCUT2D eigenvalue weighted by atomic mass is 32.1. The van der Waals surface area contributed by atoms with E-state index in [4.69, 9.17) is 0 Å². The van der Waals surface area contributed by atoms with Crippen LogP contribution >= 0.6 is 11.3 Å². The highest BCUT2D eigenvalue weighted by molar-refractivity contribution is 7.25. The predicted molar refractivity (Wildman–Crippen MR) is 132 cm³/mol. The Morgan fingerprint density at radius 3 is 1.85 bits per heavy atom. The third kappa shape index (κ3) is 4.39. The Hall–Kier alpha value is -4.66. The van der Waals surface area contributed by atoms with Gasteiger partial charge in [0.15, 0.2) is 17.3 Å². The molecule has 5 rings (SSSR count). The number of fused-ring (bicyclic) bond motifs is 5. The van der Waals surface area contributed by atoms with Gasteiger partial charge in [0, 0.05) is 27.2 Å². The van der Waals surface area contributed by atoms with Crippen LogP contribution in [0.4, 0.5) is 37.7 Å². The fourth-order valence-corrected chi connectivity index (χ4v) is 5.26. The third-order valence-corrected chi connectivity index (χ3v) is 6.87. The second-order valence-electron chi connectivity index (χ2n) is 8.07. The lowest BCUT2D eigenvalue weighted by atomic mass is 10.0. The third-order valence-electron chi connectivity index (χ3n) is 5.68. The number of benzene rings is 4. The summed E-state index contributed by atoms with van der Waals surface area (Å²) in [6.07, 6.45) is -10.1. The monoisotopic (exact) mass is 566 g/mol. The summed E-state index contributed by atoms with van der Waals surface area (Å²) in [5.74, 6) is -2.30. The Bertz CT molecular complexity index is 2110. The summed E-state index contributed by atoms with van der Waals surface area (Å²) in [6.45, 7) is 0. The molecule has 0 spiro atoms. The van der Waals surface area contributed by atoms with Crippen LogP contribution in [0.2, 0.25) is 0 Å². The molecule has 0 radical (unpaired) electrons. The normalized spacial score (nSPS) is 12.8. The minimum Gasteiger partial charge on any atom is -0.395 e. The molecule has 1 aromatic heterocycles. The zero-order valence-corrected chi connectivity index (χ0v) is 19.4. The zero-order chi connectivity index (χ0) is 28.4. The maximum absolute atomic E-state index is 13.3. The van der Waals surface area contributed by atoms with E-state index >= 15 is 0 Å². The number of alkyl halides is 6. The van der Waals surface area contributed by atoms with Crippen molar-refractivity contribution in [1.82, 2.24) is 0 Å². The Labute approximate surface area is 213 Å². The number of aliphatic imine (C=N–C) groups is 1. The van der Waals surface area contributed by atoms with Crippen molar-refractivity contribution < 1.29 is 35.9 Å². The van der Waals surface area contributed by atoms with E-state index in [0.29, 0.717) is 11.3 Å². The van der Waals surface area contributed by atoms with Gasteiger partial charge in [0.25, 0.3) is 0 Å². The van der Waals surface area contributed by atoms with Crippen molar-refractivity contribution in [3.05, 3.63) is 77.3 Å². The van der Waals surface area contributed by atoms with Crippen LogP contribution in [-0.2, 0) is 9.53 Å². The quantitative estimate of drug-likeness (QED) is 0.197. The van der Waals surface area contributed by atoms with Gasteiger partial charge in [0.2, 0.25) is 10.9 Å². The molecule has 5 aromatic rings. The molecule has 0 aliphatic carbocycles. The maximum Gasteiger partial charge on any atom is 0.573 e. The van der Waals surface area contributed by atoms with E-state index in [1.807, 2.05) is 0 Å². The Balaban J connectivity index is 1.75. The first kappa shape index (κ1) is 26.0. The number of amides is 1. The molecular weight excluding hydrogens is 558 g/mol. The number of thiophene rings is 1. The van der Waals surface area contributed by atoms with Crippen molar-refractivity contribution in [3.8, 4) is 0 Å². The van der Waals surface area contributed by atoms with Gasteiger partial charge in [-0.3, -0.25) is 24.0 Å². The molecule has 1 heterocycles. The summed E-state index contributed by atoms with van der Waals surface area (Å²) in [6, 6.07) is 6.19. The number of ether oxygens (including phenoxy) is 1. The van der Waals surface area contributed by atoms with Crippen LogP contribution in [0.1, 0.15) is 0 Å². The van der Waals surface area contributed by atoms with Crippen molar-refractivity contribution in [2.24, 2.45) is 4.99 Å². The van der Waals surface area contributed by atoms with Crippen LogP contribution < -0.4 is 27.0 Å². The zero-order valence-electron chi connectivity index (χ0n) is 18.6. The van der Waals surface area contributed by atoms with Gasteiger partial charge >= 0.3 is 18.4 Å².